The number of hydrogen-bond acceptors (Lipinski definition) is 5. The molecule has 30 heavy (non-hydrogen) atoms. The van der Waals surface area contributed by atoms with E-state index in [4.69, 9.17) is 0 Å². The number of ketones is 2. The van der Waals surface area contributed by atoms with E-state index in [-0.39, 0.29) is 23.7 Å². The van der Waals surface area contributed by atoms with E-state index in [0.717, 1.165) is 17.0 Å². The number of thiazole rings is 1. The number of thiophene rings is 1. The number of carbonyl (C=O) groups excluding carboxylic acids is 2. The Bertz CT molecular complexity index is 1280. The topological polar surface area (TPSA) is 61.1 Å². The van der Waals surface area contributed by atoms with Gasteiger partial charge < -0.3 is 4.57 Å². The highest BCUT2D eigenvalue weighted by Gasteiger charge is 2.21. The predicted molar refractivity (Wildman–Crippen MR) is 124 cm³/mol. The highest BCUT2D eigenvalue weighted by atomic mass is 32.1. The van der Waals surface area contributed by atoms with Crippen molar-refractivity contribution in [1.82, 2.24) is 9.13 Å². The number of carbonyl (C=O) groups is 2. The van der Waals surface area contributed by atoms with Gasteiger partial charge in [-0.1, -0.05) is 20.8 Å². The van der Waals surface area contributed by atoms with Crippen LogP contribution in [0.25, 0.3) is 12.2 Å². The SMILES string of the molecule is Cc1cc(C(=O)Cn2c(=O)/c(=C/c3ccsc3)s/c2=C/C(=O)C(C)(C)C)c(C)n1C. The minimum Gasteiger partial charge on any atom is -0.351 e. The number of aryl methyl sites for hydroxylation is 1. The molecule has 0 atom stereocenters. The van der Waals surface area contributed by atoms with E-state index in [1.165, 1.54) is 22.0 Å². The summed E-state index contributed by atoms with van der Waals surface area (Å²) in [5, 5.41) is 3.90. The molecule has 0 N–H and O–H groups in total. The summed E-state index contributed by atoms with van der Waals surface area (Å²) in [6.45, 7) is 9.24. The predicted octanol–water partition coefficient (Wildman–Crippen LogP) is 3.03. The summed E-state index contributed by atoms with van der Waals surface area (Å²) in [5.41, 5.74) is 2.55. The maximum Gasteiger partial charge on any atom is 0.269 e. The third kappa shape index (κ3) is 4.47. The van der Waals surface area contributed by atoms with Gasteiger partial charge in [-0.05, 0) is 48.4 Å². The zero-order chi connectivity index (χ0) is 22.2. The fourth-order valence-electron chi connectivity index (χ4n) is 3.00. The van der Waals surface area contributed by atoms with E-state index in [9.17, 15) is 14.4 Å². The lowest BCUT2D eigenvalue weighted by molar-refractivity contribution is -0.120. The van der Waals surface area contributed by atoms with Crippen LogP contribution < -0.4 is 14.8 Å². The smallest absolute Gasteiger partial charge is 0.269 e. The first-order valence-electron chi connectivity index (χ1n) is 9.65. The number of aromatic nitrogens is 2. The molecule has 3 aromatic rings. The van der Waals surface area contributed by atoms with Gasteiger partial charge in [-0.25, -0.2) is 0 Å². The van der Waals surface area contributed by atoms with Gasteiger partial charge in [0.2, 0.25) is 0 Å². The molecule has 7 heteroatoms. The molecule has 0 saturated heterocycles. The lowest BCUT2D eigenvalue weighted by atomic mass is 9.91. The van der Waals surface area contributed by atoms with Crippen molar-refractivity contribution in [1.29, 1.82) is 0 Å². The molecule has 0 bridgehead atoms. The molecule has 158 valence electrons. The van der Waals surface area contributed by atoms with Gasteiger partial charge in [-0.15, -0.1) is 11.3 Å². The van der Waals surface area contributed by atoms with Crippen LogP contribution in [0.3, 0.4) is 0 Å². The van der Waals surface area contributed by atoms with E-state index >= 15 is 0 Å². The fourth-order valence-corrected chi connectivity index (χ4v) is 4.66. The van der Waals surface area contributed by atoms with Gasteiger partial charge in [-0.3, -0.25) is 19.0 Å². The average molecular weight is 443 g/mol. The van der Waals surface area contributed by atoms with Gasteiger partial charge in [0.1, 0.15) is 4.66 Å². The van der Waals surface area contributed by atoms with Crippen molar-refractivity contribution < 1.29 is 9.59 Å². The third-order valence-electron chi connectivity index (χ3n) is 5.15. The molecular weight excluding hydrogens is 416 g/mol. The third-order valence-corrected chi connectivity index (χ3v) is 6.91. The van der Waals surface area contributed by atoms with Gasteiger partial charge in [0.05, 0.1) is 11.1 Å². The van der Waals surface area contributed by atoms with Crippen LogP contribution in [0.4, 0.5) is 0 Å². The summed E-state index contributed by atoms with van der Waals surface area (Å²) in [6.07, 6.45) is 3.30. The molecule has 0 unspecified atom stereocenters. The lowest BCUT2D eigenvalue weighted by Crippen LogP contribution is -2.35. The minimum atomic E-state index is -0.570. The molecule has 0 aliphatic carbocycles. The summed E-state index contributed by atoms with van der Waals surface area (Å²) < 4.78 is 4.39. The second kappa shape index (κ2) is 8.32. The fraction of sp³-hybridized carbons (Fsp3) is 0.348. The monoisotopic (exact) mass is 442 g/mol. The maximum atomic E-state index is 13.1. The lowest BCUT2D eigenvalue weighted by Gasteiger charge is -2.12. The van der Waals surface area contributed by atoms with Crippen LogP contribution in [-0.2, 0) is 18.4 Å². The summed E-state index contributed by atoms with van der Waals surface area (Å²) >= 11 is 2.79. The Kier molecular flexibility index (Phi) is 6.15. The van der Waals surface area contributed by atoms with Crippen molar-refractivity contribution in [2.45, 2.75) is 41.2 Å². The molecule has 3 aromatic heterocycles. The Morgan fingerprint density at radius 3 is 2.43 bits per heavy atom. The van der Waals surface area contributed by atoms with Gasteiger partial charge in [0.25, 0.3) is 5.56 Å². The number of rotatable bonds is 5. The Labute approximate surface area is 183 Å². The molecule has 0 spiro atoms. The molecule has 0 aliphatic heterocycles. The van der Waals surface area contributed by atoms with Gasteiger partial charge >= 0.3 is 0 Å². The van der Waals surface area contributed by atoms with Crippen LogP contribution >= 0.6 is 22.7 Å². The molecule has 0 aromatic carbocycles. The Balaban J connectivity index is 2.14. The maximum absolute atomic E-state index is 13.1. The highest BCUT2D eigenvalue weighted by Crippen LogP contribution is 2.16. The number of hydrogen-bond donors (Lipinski definition) is 0. The summed E-state index contributed by atoms with van der Waals surface area (Å²) in [7, 11) is 1.91. The first kappa shape index (κ1) is 22.2. The Morgan fingerprint density at radius 2 is 1.90 bits per heavy atom. The van der Waals surface area contributed by atoms with E-state index in [1.807, 2.05) is 69.1 Å². The van der Waals surface area contributed by atoms with Crippen molar-refractivity contribution >= 4 is 46.4 Å². The van der Waals surface area contributed by atoms with Crippen molar-refractivity contribution in [2.75, 3.05) is 0 Å². The molecule has 0 saturated carbocycles. The van der Waals surface area contributed by atoms with Crippen LogP contribution in [0.2, 0.25) is 0 Å². The van der Waals surface area contributed by atoms with Gasteiger partial charge in [0, 0.05) is 35.5 Å². The van der Waals surface area contributed by atoms with Crippen LogP contribution in [-0.4, -0.2) is 20.7 Å². The van der Waals surface area contributed by atoms with Crippen LogP contribution in [0.1, 0.15) is 48.1 Å². The Hall–Kier alpha value is -2.51. The minimum absolute atomic E-state index is 0.0845. The quantitative estimate of drug-likeness (QED) is 0.571. The second-order valence-electron chi connectivity index (χ2n) is 8.42. The summed E-state index contributed by atoms with van der Waals surface area (Å²) in [4.78, 5) is 38.8. The first-order valence-corrected chi connectivity index (χ1v) is 11.4. The van der Waals surface area contributed by atoms with E-state index in [0.29, 0.717) is 14.8 Å². The molecule has 3 rings (SSSR count). The number of nitrogens with zero attached hydrogens (tertiary/aromatic N) is 2. The zero-order valence-corrected chi connectivity index (χ0v) is 19.7. The van der Waals surface area contributed by atoms with Gasteiger partial charge in [0.15, 0.2) is 11.6 Å². The van der Waals surface area contributed by atoms with Gasteiger partial charge in [-0.2, -0.15) is 11.3 Å². The van der Waals surface area contributed by atoms with E-state index < -0.39 is 5.41 Å². The Morgan fingerprint density at radius 1 is 1.20 bits per heavy atom. The average Bonchev–Trinajstić information content (AvgIpc) is 3.34. The largest absolute Gasteiger partial charge is 0.351 e. The molecule has 0 amide bonds. The van der Waals surface area contributed by atoms with E-state index in [2.05, 4.69) is 0 Å². The first-order chi connectivity index (χ1) is 14.0. The standard InChI is InChI=1S/C23H26N2O3S2/c1-14-9-17(15(2)24(14)6)18(26)12-25-21(11-20(27)23(3,4)5)30-19(22(25)28)10-16-7-8-29-13-16/h7-11,13H,12H2,1-6H3/b19-10-,21-11+. The van der Waals surface area contributed by atoms with Crippen molar-refractivity contribution in [2.24, 2.45) is 12.5 Å². The van der Waals surface area contributed by atoms with E-state index in [1.54, 1.807) is 17.4 Å². The van der Waals surface area contributed by atoms with Crippen molar-refractivity contribution in [3.05, 3.63) is 65.0 Å². The molecule has 0 fully saturated rings. The van der Waals surface area contributed by atoms with Crippen molar-refractivity contribution in [3.8, 4) is 0 Å². The molecule has 0 aliphatic rings. The normalized spacial score (nSPS) is 13.3. The van der Waals surface area contributed by atoms with Crippen molar-refractivity contribution in [3.63, 3.8) is 0 Å². The summed E-state index contributed by atoms with van der Waals surface area (Å²) in [5.74, 6) is -0.227. The summed E-state index contributed by atoms with van der Waals surface area (Å²) in [6, 6.07) is 3.77. The molecule has 5 nitrogen and oxygen atoms in total. The zero-order valence-electron chi connectivity index (χ0n) is 18.1. The molecule has 0 radical (unpaired) electrons. The van der Waals surface area contributed by atoms with Crippen LogP contribution in [0.15, 0.2) is 27.7 Å². The van der Waals surface area contributed by atoms with Crippen LogP contribution in [0, 0.1) is 19.3 Å². The highest BCUT2D eigenvalue weighted by molar-refractivity contribution is 7.08. The molecule has 3 heterocycles. The molecular formula is C23H26N2O3S2. The number of Topliss-reactive ketones (excluding diaryl/α,β-unsaturated/α-hetero) is 2. The van der Waals surface area contributed by atoms with Crippen LogP contribution in [0.5, 0.6) is 0 Å². The second-order valence-corrected chi connectivity index (χ2v) is 10.3.